The molecular weight excluding hydrogens is 274 g/mol. The third-order valence-electron chi connectivity index (χ3n) is 2.83. The zero-order valence-electron chi connectivity index (χ0n) is 12.4. The Morgan fingerprint density at radius 2 is 1.76 bits per heavy atom. The molecule has 0 saturated carbocycles. The van der Waals surface area contributed by atoms with Crippen molar-refractivity contribution in [1.29, 1.82) is 0 Å². The molecule has 3 N–H and O–H groups in total. The fourth-order valence-electron chi connectivity index (χ4n) is 1.63. The van der Waals surface area contributed by atoms with Crippen molar-refractivity contribution < 1.29 is 24.5 Å². The van der Waals surface area contributed by atoms with Gasteiger partial charge in [-0.3, -0.25) is 4.79 Å². The first-order valence-corrected chi connectivity index (χ1v) is 6.73. The van der Waals surface area contributed by atoms with Crippen LogP contribution in [0.15, 0.2) is 24.3 Å². The summed E-state index contributed by atoms with van der Waals surface area (Å²) >= 11 is 0. The largest absolute Gasteiger partial charge is 0.480 e. The van der Waals surface area contributed by atoms with Gasteiger partial charge in [-0.2, -0.15) is 0 Å². The molecule has 1 amide bonds. The van der Waals surface area contributed by atoms with Gasteiger partial charge in [-0.05, 0) is 38.5 Å². The van der Waals surface area contributed by atoms with Crippen molar-refractivity contribution in [2.24, 2.45) is 0 Å². The monoisotopic (exact) mass is 295 g/mol. The lowest BCUT2D eigenvalue weighted by Crippen LogP contribution is -2.47. The summed E-state index contributed by atoms with van der Waals surface area (Å²) < 4.78 is 5.44. The topological polar surface area (TPSA) is 95.9 Å². The number of ether oxygens (including phenoxy) is 1. The second-order valence-corrected chi connectivity index (χ2v) is 5.09. The van der Waals surface area contributed by atoms with E-state index in [0.717, 1.165) is 5.56 Å². The van der Waals surface area contributed by atoms with Gasteiger partial charge in [-0.15, -0.1) is 0 Å². The number of hydrogen-bond donors (Lipinski definition) is 3. The summed E-state index contributed by atoms with van der Waals surface area (Å²) in [6.07, 6.45) is -1.06. The number of rotatable bonds is 7. The maximum atomic E-state index is 11.9. The first kappa shape index (κ1) is 17.1. The number of amides is 1. The third kappa shape index (κ3) is 5.53. The Morgan fingerprint density at radius 1 is 1.19 bits per heavy atom. The van der Waals surface area contributed by atoms with E-state index in [0.29, 0.717) is 12.2 Å². The quantitative estimate of drug-likeness (QED) is 0.702. The molecule has 0 aliphatic carbocycles. The number of carboxylic acid groups (broad SMARTS) is 1. The Kier molecular flexibility index (Phi) is 6.33. The van der Waals surface area contributed by atoms with Gasteiger partial charge in [0, 0.05) is 5.56 Å². The molecule has 6 nitrogen and oxygen atoms in total. The molecule has 1 rings (SSSR count). The van der Waals surface area contributed by atoms with Crippen molar-refractivity contribution in [3.63, 3.8) is 0 Å². The Bertz CT molecular complexity index is 481. The predicted octanol–water partition coefficient (Wildman–Crippen LogP) is 1.18. The minimum absolute atomic E-state index is 0.121. The molecule has 0 bridgehead atoms. The molecule has 0 unspecified atom stereocenters. The third-order valence-corrected chi connectivity index (χ3v) is 2.83. The molecule has 1 aromatic rings. The number of carbonyl (C=O) groups is 2. The number of aliphatic hydroxyl groups is 1. The molecule has 0 aliphatic heterocycles. The SMILES string of the molecule is CC(C)OCc1ccc(C(=O)N[C@H](C(=O)O)[C@@H](C)O)cc1. The van der Waals surface area contributed by atoms with Crippen LogP contribution < -0.4 is 5.32 Å². The summed E-state index contributed by atoms with van der Waals surface area (Å²) in [5, 5.41) is 20.5. The summed E-state index contributed by atoms with van der Waals surface area (Å²) in [6, 6.07) is 5.34. The van der Waals surface area contributed by atoms with E-state index in [9.17, 15) is 14.7 Å². The molecular formula is C15H21NO5. The van der Waals surface area contributed by atoms with Crippen molar-refractivity contribution in [2.45, 2.75) is 45.6 Å². The molecule has 116 valence electrons. The number of benzene rings is 1. The van der Waals surface area contributed by atoms with Gasteiger partial charge < -0.3 is 20.3 Å². The second-order valence-electron chi connectivity index (χ2n) is 5.09. The fourth-order valence-corrected chi connectivity index (χ4v) is 1.63. The van der Waals surface area contributed by atoms with Crippen LogP contribution in [0.3, 0.4) is 0 Å². The van der Waals surface area contributed by atoms with E-state index in [1.807, 2.05) is 13.8 Å². The number of hydrogen-bond acceptors (Lipinski definition) is 4. The van der Waals surface area contributed by atoms with E-state index in [2.05, 4.69) is 5.32 Å². The van der Waals surface area contributed by atoms with Gasteiger partial charge in [0.1, 0.15) is 0 Å². The predicted molar refractivity (Wildman–Crippen MR) is 76.9 cm³/mol. The summed E-state index contributed by atoms with van der Waals surface area (Å²) in [6.45, 7) is 5.63. The Balaban J connectivity index is 2.68. The van der Waals surface area contributed by atoms with Crippen molar-refractivity contribution in [3.05, 3.63) is 35.4 Å². The maximum absolute atomic E-state index is 11.9. The van der Waals surface area contributed by atoms with Gasteiger partial charge in [0.15, 0.2) is 6.04 Å². The van der Waals surface area contributed by atoms with Crippen molar-refractivity contribution in [2.75, 3.05) is 0 Å². The van der Waals surface area contributed by atoms with E-state index >= 15 is 0 Å². The van der Waals surface area contributed by atoms with Crippen LogP contribution in [0.1, 0.15) is 36.7 Å². The summed E-state index contributed by atoms with van der Waals surface area (Å²) in [5.74, 6) is -1.82. The molecule has 0 radical (unpaired) electrons. The highest BCUT2D eigenvalue weighted by Gasteiger charge is 2.25. The molecule has 0 spiro atoms. The molecule has 2 atom stereocenters. The highest BCUT2D eigenvalue weighted by atomic mass is 16.5. The first-order chi connectivity index (χ1) is 9.81. The summed E-state index contributed by atoms with van der Waals surface area (Å²) in [7, 11) is 0. The number of carboxylic acids is 1. The number of nitrogens with one attached hydrogen (secondary N) is 1. The standard InChI is InChI=1S/C15H21NO5/c1-9(2)21-8-11-4-6-12(7-5-11)14(18)16-13(10(3)17)15(19)20/h4-7,9-10,13,17H,8H2,1-3H3,(H,16,18)(H,19,20)/t10-,13+/m1/s1. The fraction of sp³-hybridized carbons (Fsp3) is 0.467. The van der Waals surface area contributed by atoms with E-state index in [1.165, 1.54) is 6.92 Å². The van der Waals surface area contributed by atoms with Gasteiger partial charge in [-0.25, -0.2) is 4.79 Å². The molecule has 0 aliphatic rings. The molecule has 0 aromatic heterocycles. The lowest BCUT2D eigenvalue weighted by molar-refractivity contribution is -0.141. The van der Waals surface area contributed by atoms with Gasteiger partial charge in [0.25, 0.3) is 5.91 Å². The summed E-state index contributed by atoms with van der Waals surface area (Å²) in [4.78, 5) is 22.8. The van der Waals surface area contributed by atoms with Crippen LogP contribution in [0.25, 0.3) is 0 Å². The minimum atomic E-state index is -1.33. The molecule has 21 heavy (non-hydrogen) atoms. The number of carbonyl (C=O) groups excluding carboxylic acids is 1. The molecule has 0 fully saturated rings. The van der Waals surface area contributed by atoms with E-state index in [-0.39, 0.29) is 6.10 Å². The van der Waals surface area contributed by atoms with Gasteiger partial charge in [0.2, 0.25) is 0 Å². The smallest absolute Gasteiger partial charge is 0.328 e. The number of aliphatic hydroxyl groups excluding tert-OH is 1. The minimum Gasteiger partial charge on any atom is -0.480 e. The zero-order valence-corrected chi connectivity index (χ0v) is 12.4. The average Bonchev–Trinajstić information content (AvgIpc) is 2.42. The Hall–Kier alpha value is -1.92. The second kappa shape index (κ2) is 7.75. The van der Waals surface area contributed by atoms with Gasteiger partial charge in [-0.1, -0.05) is 12.1 Å². The lowest BCUT2D eigenvalue weighted by atomic mass is 10.1. The first-order valence-electron chi connectivity index (χ1n) is 6.73. The highest BCUT2D eigenvalue weighted by molar-refractivity contribution is 5.96. The van der Waals surface area contributed by atoms with Gasteiger partial charge >= 0.3 is 5.97 Å². The van der Waals surface area contributed by atoms with Crippen LogP contribution in [-0.4, -0.2) is 40.3 Å². The number of aliphatic carboxylic acids is 1. The van der Waals surface area contributed by atoms with Crippen LogP contribution in [0, 0.1) is 0 Å². The van der Waals surface area contributed by atoms with E-state index in [4.69, 9.17) is 9.84 Å². The van der Waals surface area contributed by atoms with Crippen molar-refractivity contribution in [1.82, 2.24) is 5.32 Å². The molecule has 6 heteroatoms. The van der Waals surface area contributed by atoms with Crippen LogP contribution in [0.5, 0.6) is 0 Å². The maximum Gasteiger partial charge on any atom is 0.328 e. The van der Waals surface area contributed by atoms with E-state index < -0.39 is 24.0 Å². The normalized spacial score (nSPS) is 13.8. The summed E-state index contributed by atoms with van der Waals surface area (Å²) in [5.41, 5.74) is 1.25. The van der Waals surface area contributed by atoms with Gasteiger partial charge in [0.05, 0.1) is 18.8 Å². The lowest BCUT2D eigenvalue weighted by Gasteiger charge is -2.17. The van der Waals surface area contributed by atoms with Crippen LogP contribution >= 0.6 is 0 Å². The Labute approximate surface area is 123 Å². The molecule has 1 aromatic carbocycles. The van der Waals surface area contributed by atoms with E-state index in [1.54, 1.807) is 24.3 Å². The van der Waals surface area contributed by atoms with Crippen LogP contribution in [-0.2, 0) is 16.1 Å². The van der Waals surface area contributed by atoms with Crippen molar-refractivity contribution in [3.8, 4) is 0 Å². The zero-order chi connectivity index (χ0) is 16.0. The van der Waals surface area contributed by atoms with Crippen LogP contribution in [0.4, 0.5) is 0 Å². The molecule has 0 heterocycles. The average molecular weight is 295 g/mol. The molecule has 0 saturated heterocycles. The van der Waals surface area contributed by atoms with Crippen LogP contribution in [0.2, 0.25) is 0 Å². The Morgan fingerprint density at radius 3 is 2.19 bits per heavy atom. The highest BCUT2D eigenvalue weighted by Crippen LogP contribution is 2.08. The van der Waals surface area contributed by atoms with Crippen molar-refractivity contribution >= 4 is 11.9 Å².